The monoisotopic (exact) mass is 281 g/mol. The minimum absolute atomic E-state index is 0.237. The molecule has 1 fully saturated rings. The third-order valence-electron chi connectivity index (χ3n) is 2.57. The zero-order valence-corrected chi connectivity index (χ0v) is 10.5. The molecule has 19 heavy (non-hydrogen) atoms. The molecule has 0 aromatic heterocycles. The summed E-state index contributed by atoms with van der Waals surface area (Å²) in [6, 6.07) is 0. The van der Waals surface area contributed by atoms with Gasteiger partial charge in [0, 0.05) is 19.2 Å². The van der Waals surface area contributed by atoms with Crippen LogP contribution in [0, 0.1) is 5.92 Å². The van der Waals surface area contributed by atoms with Gasteiger partial charge in [0.05, 0.1) is 13.2 Å². The fourth-order valence-electron chi connectivity index (χ4n) is 1.67. The molecule has 4 nitrogen and oxygen atoms in total. The molecule has 1 unspecified atom stereocenters. The third-order valence-corrected chi connectivity index (χ3v) is 2.57. The number of carbonyl (C=O) groups excluding carboxylic acids is 1. The molecule has 7 heteroatoms. The minimum atomic E-state index is -4.34. The number of hydrogen-bond acceptors (Lipinski definition) is 3. The molecule has 1 aliphatic rings. The highest BCUT2D eigenvalue weighted by molar-refractivity contribution is 5.87. The highest BCUT2D eigenvalue weighted by Crippen LogP contribution is 2.14. The molecule has 0 saturated carbocycles. The normalized spacial score (nSPS) is 20.7. The predicted molar refractivity (Wildman–Crippen MR) is 62.6 cm³/mol. The van der Waals surface area contributed by atoms with E-state index in [1.807, 2.05) is 0 Å². The molecule has 1 atom stereocenters. The SMILES string of the molecule is O=C(C=CCOCC(F)(F)F)NCC1CCCOC1. The molecule has 1 rings (SSSR count). The lowest BCUT2D eigenvalue weighted by Gasteiger charge is -2.21. The molecule has 1 amide bonds. The van der Waals surface area contributed by atoms with Crippen LogP contribution in [0.5, 0.6) is 0 Å². The third kappa shape index (κ3) is 8.61. The van der Waals surface area contributed by atoms with E-state index in [9.17, 15) is 18.0 Å². The zero-order chi connectivity index (χ0) is 14.1. The fourth-order valence-corrected chi connectivity index (χ4v) is 1.67. The van der Waals surface area contributed by atoms with Crippen molar-refractivity contribution >= 4 is 5.91 Å². The molecule has 1 saturated heterocycles. The maximum atomic E-state index is 11.7. The van der Waals surface area contributed by atoms with Crippen molar-refractivity contribution in [2.45, 2.75) is 19.0 Å². The number of carbonyl (C=O) groups is 1. The Balaban J connectivity index is 2.06. The Kier molecular flexibility index (Phi) is 6.86. The van der Waals surface area contributed by atoms with Crippen molar-refractivity contribution in [2.75, 3.05) is 33.0 Å². The van der Waals surface area contributed by atoms with E-state index >= 15 is 0 Å². The van der Waals surface area contributed by atoms with Gasteiger partial charge in [-0.1, -0.05) is 6.08 Å². The topological polar surface area (TPSA) is 47.6 Å². The average Bonchev–Trinajstić information content (AvgIpc) is 2.36. The standard InChI is InChI=1S/C12H18F3NO3/c13-12(14,15)9-19-6-2-4-11(17)16-7-10-3-1-5-18-8-10/h2,4,10H,1,3,5-9H2,(H,16,17). The van der Waals surface area contributed by atoms with Crippen LogP contribution in [0.1, 0.15) is 12.8 Å². The summed E-state index contributed by atoms with van der Waals surface area (Å²) in [5, 5.41) is 2.68. The largest absolute Gasteiger partial charge is 0.411 e. The molecule has 1 aliphatic heterocycles. The second-order valence-electron chi connectivity index (χ2n) is 4.36. The predicted octanol–water partition coefficient (Wildman–Crippen LogP) is 1.66. The van der Waals surface area contributed by atoms with E-state index < -0.39 is 12.8 Å². The minimum Gasteiger partial charge on any atom is -0.381 e. The van der Waals surface area contributed by atoms with E-state index in [1.54, 1.807) is 0 Å². The molecule has 1 heterocycles. The Morgan fingerprint density at radius 2 is 2.26 bits per heavy atom. The first-order chi connectivity index (χ1) is 8.97. The Bertz CT molecular complexity index is 299. The van der Waals surface area contributed by atoms with Gasteiger partial charge >= 0.3 is 6.18 Å². The van der Waals surface area contributed by atoms with Gasteiger partial charge in [-0.05, 0) is 18.8 Å². The van der Waals surface area contributed by atoms with Gasteiger partial charge in [0.25, 0.3) is 0 Å². The first-order valence-electron chi connectivity index (χ1n) is 6.14. The Labute approximate surface area is 109 Å². The van der Waals surface area contributed by atoms with Crippen LogP contribution in [0.15, 0.2) is 12.2 Å². The molecule has 0 radical (unpaired) electrons. The smallest absolute Gasteiger partial charge is 0.381 e. The van der Waals surface area contributed by atoms with E-state index in [0.29, 0.717) is 19.1 Å². The summed E-state index contributed by atoms with van der Waals surface area (Å²) in [5.74, 6) is -0.0197. The van der Waals surface area contributed by atoms with Crippen LogP contribution in [-0.4, -0.2) is 45.1 Å². The van der Waals surface area contributed by atoms with E-state index in [1.165, 1.54) is 12.2 Å². The summed E-state index contributed by atoms with van der Waals surface area (Å²) in [7, 11) is 0. The van der Waals surface area contributed by atoms with E-state index in [2.05, 4.69) is 10.1 Å². The van der Waals surface area contributed by atoms with Gasteiger partial charge in [-0.2, -0.15) is 13.2 Å². The van der Waals surface area contributed by atoms with Gasteiger partial charge in [-0.15, -0.1) is 0 Å². The lowest BCUT2D eigenvalue weighted by atomic mass is 10.0. The van der Waals surface area contributed by atoms with Crippen molar-refractivity contribution in [3.8, 4) is 0 Å². The lowest BCUT2D eigenvalue weighted by Crippen LogP contribution is -2.32. The molecular formula is C12H18F3NO3. The van der Waals surface area contributed by atoms with Crippen molar-refractivity contribution in [2.24, 2.45) is 5.92 Å². The maximum absolute atomic E-state index is 11.7. The fraction of sp³-hybridized carbons (Fsp3) is 0.750. The van der Waals surface area contributed by atoms with Gasteiger partial charge in [-0.3, -0.25) is 4.79 Å². The van der Waals surface area contributed by atoms with Crippen molar-refractivity contribution in [3.63, 3.8) is 0 Å². The van der Waals surface area contributed by atoms with Crippen LogP contribution >= 0.6 is 0 Å². The highest BCUT2D eigenvalue weighted by atomic mass is 19.4. The van der Waals surface area contributed by atoms with Crippen molar-refractivity contribution in [1.82, 2.24) is 5.32 Å². The number of ether oxygens (including phenoxy) is 2. The second-order valence-corrected chi connectivity index (χ2v) is 4.36. The molecule has 0 aromatic carbocycles. The van der Waals surface area contributed by atoms with Crippen molar-refractivity contribution in [3.05, 3.63) is 12.2 Å². The number of halogens is 3. The lowest BCUT2D eigenvalue weighted by molar-refractivity contribution is -0.171. The van der Waals surface area contributed by atoms with Gasteiger partial charge in [0.2, 0.25) is 5.91 Å². The van der Waals surface area contributed by atoms with E-state index in [4.69, 9.17) is 4.74 Å². The van der Waals surface area contributed by atoms with Crippen LogP contribution < -0.4 is 5.32 Å². The molecule has 0 spiro atoms. The number of nitrogens with one attached hydrogen (secondary N) is 1. The Hall–Kier alpha value is -1.08. The van der Waals surface area contributed by atoms with Crippen LogP contribution in [0.3, 0.4) is 0 Å². The molecular weight excluding hydrogens is 263 g/mol. The van der Waals surface area contributed by atoms with E-state index in [0.717, 1.165) is 19.4 Å². The van der Waals surface area contributed by atoms with Gasteiger partial charge in [-0.25, -0.2) is 0 Å². The summed E-state index contributed by atoms with van der Waals surface area (Å²) in [5.41, 5.74) is 0. The highest BCUT2D eigenvalue weighted by Gasteiger charge is 2.26. The molecule has 1 N–H and O–H groups in total. The molecule has 0 bridgehead atoms. The molecule has 0 aliphatic carbocycles. The summed E-state index contributed by atoms with van der Waals surface area (Å²) in [4.78, 5) is 11.3. The average molecular weight is 281 g/mol. The summed E-state index contributed by atoms with van der Waals surface area (Å²) < 4.78 is 44.8. The van der Waals surface area contributed by atoms with E-state index in [-0.39, 0.29) is 12.5 Å². The first-order valence-corrected chi connectivity index (χ1v) is 6.14. The van der Waals surface area contributed by atoms with Gasteiger partial charge in [0.15, 0.2) is 0 Å². The van der Waals surface area contributed by atoms with Crippen LogP contribution in [0.25, 0.3) is 0 Å². The van der Waals surface area contributed by atoms with Crippen LogP contribution in [-0.2, 0) is 14.3 Å². The van der Waals surface area contributed by atoms with Gasteiger partial charge in [0.1, 0.15) is 6.61 Å². The van der Waals surface area contributed by atoms with Gasteiger partial charge < -0.3 is 14.8 Å². The summed E-state index contributed by atoms with van der Waals surface area (Å²) in [6.45, 7) is 0.379. The second kappa shape index (κ2) is 8.16. The number of hydrogen-bond donors (Lipinski definition) is 1. The van der Waals surface area contributed by atoms with Crippen molar-refractivity contribution in [1.29, 1.82) is 0 Å². The molecule has 110 valence electrons. The number of alkyl halides is 3. The maximum Gasteiger partial charge on any atom is 0.411 e. The number of amides is 1. The first kappa shape index (κ1) is 16.0. The van der Waals surface area contributed by atoms with Crippen LogP contribution in [0.2, 0.25) is 0 Å². The molecule has 0 aromatic rings. The Morgan fingerprint density at radius 3 is 2.89 bits per heavy atom. The number of rotatable bonds is 6. The summed E-state index contributed by atoms with van der Waals surface area (Å²) >= 11 is 0. The van der Waals surface area contributed by atoms with Crippen molar-refractivity contribution < 1.29 is 27.4 Å². The zero-order valence-electron chi connectivity index (χ0n) is 10.5. The quantitative estimate of drug-likeness (QED) is 0.595. The summed E-state index contributed by atoms with van der Waals surface area (Å²) in [6.07, 6.45) is 0.107. The van der Waals surface area contributed by atoms with Crippen LogP contribution in [0.4, 0.5) is 13.2 Å². The Morgan fingerprint density at radius 1 is 1.47 bits per heavy atom.